The Labute approximate surface area is 128 Å². The first-order valence-electron chi connectivity index (χ1n) is 7.06. The predicted molar refractivity (Wildman–Crippen MR) is 89.4 cm³/mol. The van der Waals surface area contributed by atoms with E-state index in [1.807, 2.05) is 30.5 Å². The number of pyridine rings is 3. The summed E-state index contributed by atoms with van der Waals surface area (Å²) in [5.74, 6) is 0.780. The molecule has 0 spiro atoms. The molecule has 22 heavy (non-hydrogen) atoms. The summed E-state index contributed by atoms with van der Waals surface area (Å²) < 4.78 is 0. The van der Waals surface area contributed by atoms with E-state index in [0.29, 0.717) is 6.54 Å². The highest BCUT2D eigenvalue weighted by molar-refractivity contribution is 5.94. The van der Waals surface area contributed by atoms with Crippen LogP contribution in [0.15, 0.2) is 61.7 Å². The van der Waals surface area contributed by atoms with E-state index in [1.165, 1.54) is 0 Å². The van der Waals surface area contributed by atoms with Gasteiger partial charge >= 0.3 is 0 Å². The molecular weight excluding hydrogens is 274 g/mol. The van der Waals surface area contributed by atoms with E-state index in [2.05, 4.69) is 21.9 Å². The lowest BCUT2D eigenvalue weighted by atomic mass is 10.1. The fraction of sp³-hybridized carbons (Fsp3) is 0.118. The summed E-state index contributed by atoms with van der Waals surface area (Å²) in [6.07, 6.45) is 8.88. The first-order valence-corrected chi connectivity index (χ1v) is 7.06. The van der Waals surface area contributed by atoms with Gasteiger partial charge in [0, 0.05) is 47.7 Å². The molecule has 0 aliphatic rings. The van der Waals surface area contributed by atoms with Gasteiger partial charge in [0.15, 0.2) is 0 Å². The van der Waals surface area contributed by atoms with E-state index in [4.69, 9.17) is 10.7 Å². The maximum absolute atomic E-state index is 5.74. The highest BCUT2D eigenvalue weighted by Crippen LogP contribution is 2.27. The molecule has 5 nitrogen and oxygen atoms in total. The van der Waals surface area contributed by atoms with Crippen molar-refractivity contribution < 1.29 is 0 Å². The third-order valence-corrected chi connectivity index (χ3v) is 3.47. The van der Waals surface area contributed by atoms with Crippen LogP contribution in [0.5, 0.6) is 0 Å². The van der Waals surface area contributed by atoms with Crippen LogP contribution in [0.1, 0.15) is 0 Å². The minimum atomic E-state index is -0.0310. The van der Waals surface area contributed by atoms with Crippen molar-refractivity contribution in [2.24, 2.45) is 5.73 Å². The third-order valence-electron chi connectivity index (χ3n) is 3.47. The molecule has 0 bridgehead atoms. The van der Waals surface area contributed by atoms with Crippen LogP contribution in [-0.4, -0.2) is 27.5 Å². The molecule has 0 amide bonds. The second-order valence-electron chi connectivity index (χ2n) is 4.91. The van der Waals surface area contributed by atoms with Gasteiger partial charge in [-0.15, -0.1) is 6.58 Å². The van der Waals surface area contributed by atoms with Crippen molar-refractivity contribution in [2.45, 2.75) is 6.04 Å². The Hall–Kier alpha value is -2.79. The molecular formula is C17H17N5. The van der Waals surface area contributed by atoms with Gasteiger partial charge in [0.2, 0.25) is 0 Å². The molecule has 3 rings (SSSR count). The maximum atomic E-state index is 5.74. The molecule has 3 heterocycles. The summed E-state index contributed by atoms with van der Waals surface area (Å²) in [5, 5.41) is 5.36. The molecule has 0 aromatic carbocycles. The highest BCUT2D eigenvalue weighted by Gasteiger charge is 2.10. The number of rotatable bonds is 5. The number of aromatic nitrogens is 3. The van der Waals surface area contributed by atoms with Gasteiger partial charge in [-0.2, -0.15) is 0 Å². The Kier molecular flexibility index (Phi) is 4.07. The zero-order valence-electron chi connectivity index (χ0n) is 12.1. The number of nitrogens with two attached hydrogens (primary N) is 1. The molecule has 3 aromatic heterocycles. The standard InChI is InChI=1S/C17H17N5/c1-2-14(10-18)21-17-15-5-8-20-11-13(15)9-16(22-17)12-3-6-19-7-4-12/h2-9,11,14H,1,10,18H2,(H,21,22)/t14-/m0/s1. The average molecular weight is 291 g/mol. The number of hydrogen-bond acceptors (Lipinski definition) is 5. The summed E-state index contributed by atoms with van der Waals surface area (Å²) in [6.45, 7) is 4.25. The maximum Gasteiger partial charge on any atom is 0.135 e. The van der Waals surface area contributed by atoms with Gasteiger partial charge in [0.25, 0.3) is 0 Å². The van der Waals surface area contributed by atoms with Crippen LogP contribution in [0.3, 0.4) is 0 Å². The van der Waals surface area contributed by atoms with Crippen LogP contribution in [0, 0.1) is 0 Å². The molecule has 3 N–H and O–H groups in total. The van der Waals surface area contributed by atoms with Gasteiger partial charge in [0.1, 0.15) is 5.82 Å². The lowest BCUT2D eigenvalue weighted by Gasteiger charge is -2.16. The van der Waals surface area contributed by atoms with E-state index in [1.54, 1.807) is 24.7 Å². The summed E-state index contributed by atoms with van der Waals surface area (Å²) in [4.78, 5) is 13.0. The Morgan fingerprint density at radius 2 is 1.95 bits per heavy atom. The number of fused-ring (bicyclic) bond motifs is 1. The normalized spacial score (nSPS) is 12.0. The SMILES string of the molecule is C=C[C@@H](CN)Nc1nc(-c2ccncc2)cc2cnccc12. The summed E-state index contributed by atoms with van der Waals surface area (Å²) in [6, 6.07) is 7.80. The van der Waals surface area contributed by atoms with Crippen molar-refractivity contribution in [3.63, 3.8) is 0 Å². The number of anilines is 1. The topological polar surface area (TPSA) is 76.7 Å². The van der Waals surface area contributed by atoms with Gasteiger partial charge < -0.3 is 11.1 Å². The molecule has 0 unspecified atom stereocenters. The zero-order chi connectivity index (χ0) is 15.4. The number of hydrogen-bond donors (Lipinski definition) is 2. The molecule has 0 aliphatic heterocycles. The Balaban J connectivity index is 2.14. The Bertz CT molecular complexity index is 785. The van der Waals surface area contributed by atoms with Crippen molar-refractivity contribution in [2.75, 3.05) is 11.9 Å². The highest BCUT2D eigenvalue weighted by atomic mass is 15.0. The second-order valence-corrected chi connectivity index (χ2v) is 4.91. The van der Waals surface area contributed by atoms with E-state index in [9.17, 15) is 0 Å². The zero-order valence-corrected chi connectivity index (χ0v) is 12.1. The lowest BCUT2D eigenvalue weighted by molar-refractivity contribution is 0.873. The molecule has 0 saturated heterocycles. The largest absolute Gasteiger partial charge is 0.362 e. The molecule has 110 valence electrons. The van der Waals surface area contributed by atoms with Gasteiger partial charge in [0.05, 0.1) is 11.7 Å². The molecule has 5 heteroatoms. The summed E-state index contributed by atoms with van der Waals surface area (Å²) in [5.41, 5.74) is 7.61. The molecule has 3 aromatic rings. The van der Waals surface area contributed by atoms with Crippen LogP contribution < -0.4 is 11.1 Å². The minimum absolute atomic E-state index is 0.0310. The van der Waals surface area contributed by atoms with Gasteiger partial charge in [-0.3, -0.25) is 9.97 Å². The number of nitrogens with zero attached hydrogens (tertiary/aromatic N) is 3. The molecule has 0 saturated carbocycles. The van der Waals surface area contributed by atoms with Crippen LogP contribution in [0.2, 0.25) is 0 Å². The van der Waals surface area contributed by atoms with Crippen molar-refractivity contribution >= 4 is 16.6 Å². The van der Waals surface area contributed by atoms with Crippen LogP contribution in [0.25, 0.3) is 22.0 Å². The third kappa shape index (κ3) is 2.80. The minimum Gasteiger partial charge on any atom is -0.362 e. The van der Waals surface area contributed by atoms with Crippen molar-refractivity contribution in [3.05, 3.63) is 61.7 Å². The fourth-order valence-corrected chi connectivity index (χ4v) is 2.27. The first kappa shape index (κ1) is 14.2. The van der Waals surface area contributed by atoms with Crippen molar-refractivity contribution in [1.82, 2.24) is 15.0 Å². The fourth-order valence-electron chi connectivity index (χ4n) is 2.27. The summed E-state index contributed by atoms with van der Waals surface area (Å²) in [7, 11) is 0. The molecule has 0 radical (unpaired) electrons. The first-order chi connectivity index (χ1) is 10.8. The van der Waals surface area contributed by atoms with E-state index in [-0.39, 0.29) is 6.04 Å². The van der Waals surface area contributed by atoms with Crippen LogP contribution >= 0.6 is 0 Å². The Morgan fingerprint density at radius 1 is 1.18 bits per heavy atom. The van der Waals surface area contributed by atoms with Gasteiger partial charge in [-0.25, -0.2) is 4.98 Å². The Morgan fingerprint density at radius 3 is 2.68 bits per heavy atom. The van der Waals surface area contributed by atoms with Gasteiger partial charge in [-0.1, -0.05) is 6.08 Å². The second kappa shape index (κ2) is 6.32. The monoisotopic (exact) mass is 291 g/mol. The summed E-state index contributed by atoms with van der Waals surface area (Å²) >= 11 is 0. The molecule has 0 fully saturated rings. The van der Waals surface area contributed by atoms with Crippen molar-refractivity contribution in [3.8, 4) is 11.3 Å². The van der Waals surface area contributed by atoms with Gasteiger partial charge in [-0.05, 0) is 24.3 Å². The van der Waals surface area contributed by atoms with E-state index >= 15 is 0 Å². The van der Waals surface area contributed by atoms with Crippen molar-refractivity contribution in [1.29, 1.82) is 0 Å². The van der Waals surface area contributed by atoms with Crippen LogP contribution in [-0.2, 0) is 0 Å². The molecule has 0 aliphatic carbocycles. The predicted octanol–water partition coefficient (Wildman–Crippen LogP) is 2.62. The van der Waals surface area contributed by atoms with E-state index in [0.717, 1.165) is 27.8 Å². The lowest BCUT2D eigenvalue weighted by Crippen LogP contribution is -2.27. The quantitative estimate of drug-likeness (QED) is 0.707. The smallest absolute Gasteiger partial charge is 0.135 e. The average Bonchev–Trinajstić information content (AvgIpc) is 2.60. The van der Waals surface area contributed by atoms with Crippen LogP contribution in [0.4, 0.5) is 5.82 Å². The van der Waals surface area contributed by atoms with E-state index < -0.39 is 0 Å². The number of nitrogens with one attached hydrogen (secondary N) is 1. The molecule has 1 atom stereocenters.